The number of benzene rings is 1. The number of hydrogen-bond acceptors (Lipinski definition) is 8. The highest BCUT2D eigenvalue weighted by Crippen LogP contribution is 2.37. The lowest BCUT2D eigenvalue weighted by Gasteiger charge is -2.17. The van der Waals surface area contributed by atoms with Crippen LogP contribution in [0.15, 0.2) is 55.2 Å². The number of aromatic nitrogens is 3. The van der Waals surface area contributed by atoms with Crippen LogP contribution >= 0.6 is 0 Å². The van der Waals surface area contributed by atoms with Gasteiger partial charge in [0.1, 0.15) is 11.9 Å². The molecule has 13 heteroatoms. The van der Waals surface area contributed by atoms with E-state index in [-0.39, 0.29) is 29.2 Å². The summed E-state index contributed by atoms with van der Waals surface area (Å²) < 4.78 is 45.1. The lowest BCUT2D eigenvalue weighted by molar-refractivity contribution is -0.137. The fraction of sp³-hybridized carbons (Fsp3) is 0.217. The van der Waals surface area contributed by atoms with Crippen LogP contribution in [0.25, 0.3) is 0 Å². The second-order valence-electron chi connectivity index (χ2n) is 7.89. The summed E-state index contributed by atoms with van der Waals surface area (Å²) in [5.41, 5.74) is -1.66. The van der Waals surface area contributed by atoms with Gasteiger partial charge in [-0.15, -0.1) is 0 Å². The summed E-state index contributed by atoms with van der Waals surface area (Å²) in [5.74, 6) is -0.285. The zero-order valence-corrected chi connectivity index (χ0v) is 18.5. The van der Waals surface area contributed by atoms with E-state index in [1.807, 2.05) is 0 Å². The minimum absolute atomic E-state index is 0.0365. The lowest BCUT2D eigenvalue weighted by Crippen LogP contribution is -2.49. The van der Waals surface area contributed by atoms with Gasteiger partial charge >= 0.3 is 12.3 Å². The number of halogens is 3. The molecule has 4 rings (SSSR count). The van der Waals surface area contributed by atoms with E-state index in [1.54, 1.807) is 6.07 Å². The maximum absolute atomic E-state index is 13.4. The highest BCUT2D eigenvalue weighted by Gasteiger charge is 2.51. The number of nitrogens with one attached hydrogen (secondary N) is 3. The van der Waals surface area contributed by atoms with Crippen molar-refractivity contribution in [3.05, 3.63) is 72.1 Å². The van der Waals surface area contributed by atoms with Gasteiger partial charge in [-0.25, -0.2) is 14.8 Å². The summed E-state index contributed by atoms with van der Waals surface area (Å²) in [7, 11) is 0. The van der Waals surface area contributed by atoms with E-state index in [1.165, 1.54) is 49.2 Å². The molecule has 36 heavy (non-hydrogen) atoms. The summed E-state index contributed by atoms with van der Waals surface area (Å²) in [6, 6.07) is 7.96. The van der Waals surface area contributed by atoms with Crippen LogP contribution in [-0.4, -0.2) is 32.5 Å². The minimum atomic E-state index is -4.65. The molecule has 3 N–H and O–H groups in total. The molecule has 10 nitrogen and oxygen atoms in total. The van der Waals surface area contributed by atoms with Crippen molar-refractivity contribution >= 4 is 23.4 Å². The highest BCUT2D eigenvalue weighted by molar-refractivity contribution is 5.93. The molecule has 0 bridgehead atoms. The standard InChI is InChI=1S/C23H18F3N7O3/c24-23(25,26)18-7-14(8-27)1-4-19(18)32-16-3-2-15(30-10-16)9-31-20(34)22(5-6-22)33-21(35)36-17-11-28-13-29-12-17/h1-4,7,10-13,32H,5-6,9H2,(H,31,34)(H,33,35). The molecular formula is C23H18F3N7O3. The summed E-state index contributed by atoms with van der Waals surface area (Å²) >= 11 is 0. The first-order valence-corrected chi connectivity index (χ1v) is 10.6. The molecule has 2 aromatic heterocycles. The molecule has 1 aliphatic carbocycles. The van der Waals surface area contributed by atoms with Crippen LogP contribution in [0.4, 0.5) is 29.3 Å². The maximum Gasteiger partial charge on any atom is 0.418 e. The largest absolute Gasteiger partial charge is 0.418 e. The predicted molar refractivity (Wildman–Crippen MR) is 119 cm³/mol. The monoisotopic (exact) mass is 497 g/mol. The molecule has 0 saturated heterocycles. The zero-order chi connectivity index (χ0) is 25.8. The number of alkyl halides is 3. The van der Waals surface area contributed by atoms with E-state index in [0.29, 0.717) is 18.5 Å². The van der Waals surface area contributed by atoms with Gasteiger partial charge in [-0.1, -0.05) is 0 Å². The Hall–Kier alpha value is -4.73. The van der Waals surface area contributed by atoms with E-state index >= 15 is 0 Å². The van der Waals surface area contributed by atoms with Gasteiger partial charge in [0.25, 0.3) is 0 Å². The molecule has 2 heterocycles. The number of carbonyl (C=O) groups is 2. The van der Waals surface area contributed by atoms with Gasteiger partial charge in [0.2, 0.25) is 5.91 Å². The van der Waals surface area contributed by atoms with Crippen molar-refractivity contribution in [1.82, 2.24) is 25.6 Å². The van der Waals surface area contributed by atoms with Crippen molar-refractivity contribution in [2.45, 2.75) is 31.1 Å². The highest BCUT2D eigenvalue weighted by atomic mass is 19.4. The van der Waals surface area contributed by atoms with Crippen LogP contribution in [-0.2, 0) is 17.5 Å². The van der Waals surface area contributed by atoms with Gasteiger partial charge in [0, 0.05) is 0 Å². The molecule has 1 fully saturated rings. The lowest BCUT2D eigenvalue weighted by atomic mass is 10.1. The molecule has 0 aliphatic heterocycles. The fourth-order valence-corrected chi connectivity index (χ4v) is 3.26. The first-order chi connectivity index (χ1) is 17.2. The molecule has 0 spiro atoms. The van der Waals surface area contributed by atoms with Crippen LogP contribution in [0.2, 0.25) is 0 Å². The van der Waals surface area contributed by atoms with Gasteiger partial charge in [-0.2, -0.15) is 18.4 Å². The van der Waals surface area contributed by atoms with Gasteiger partial charge in [-0.3, -0.25) is 9.78 Å². The van der Waals surface area contributed by atoms with Crippen LogP contribution in [0.5, 0.6) is 5.75 Å². The van der Waals surface area contributed by atoms with Crippen LogP contribution in [0.3, 0.4) is 0 Å². The van der Waals surface area contributed by atoms with Crippen molar-refractivity contribution in [1.29, 1.82) is 5.26 Å². The number of rotatable bonds is 7. The quantitative estimate of drug-likeness (QED) is 0.451. The SMILES string of the molecule is N#Cc1ccc(Nc2ccc(CNC(=O)C3(NC(=O)Oc4cncnc4)CC3)nc2)c(C(F)(F)F)c1. The van der Waals surface area contributed by atoms with Gasteiger partial charge in [-0.05, 0) is 43.2 Å². The Bertz CT molecular complexity index is 1310. The van der Waals surface area contributed by atoms with Crippen molar-refractivity contribution < 1.29 is 27.5 Å². The molecule has 1 aliphatic rings. The number of ether oxygens (including phenoxy) is 1. The third kappa shape index (κ3) is 5.84. The third-order valence-corrected chi connectivity index (χ3v) is 5.26. The summed E-state index contributed by atoms with van der Waals surface area (Å²) in [6.45, 7) is 0.0365. The number of hydrogen-bond donors (Lipinski definition) is 3. The predicted octanol–water partition coefficient (Wildman–Crippen LogP) is 3.44. The number of anilines is 2. The Kier molecular flexibility index (Phi) is 6.69. The zero-order valence-electron chi connectivity index (χ0n) is 18.5. The first-order valence-electron chi connectivity index (χ1n) is 10.6. The van der Waals surface area contributed by atoms with Crippen molar-refractivity contribution in [2.24, 2.45) is 0 Å². The molecular weight excluding hydrogens is 479 g/mol. The molecule has 1 saturated carbocycles. The Balaban J connectivity index is 1.33. The average molecular weight is 497 g/mol. The molecule has 3 aromatic rings. The second-order valence-corrected chi connectivity index (χ2v) is 7.89. The normalized spacial score (nSPS) is 13.7. The van der Waals surface area contributed by atoms with Crippen LogP contribution < -0.4 is 20.7 Å². The maximum atomic E-state index is 13.4. The van der Waals surface area contributed by atoms with Gasteiger partial charge < -0.3 is 20.7 Å². The van der Waals surface area contributed by atoms with Crippen molar-refractivity contribution in [3.8, 4) is 11.8 Å². The smallest absolute Gasteiger partial charge is 0.407 e. The van der Waals surface area contributed by atoms with E-state index in [9.17, 15) is 22.8 Å². The van der Waals surface area contributed by atoms with E-state index in [0.717, 1.165) is 6.07 Å². The number of amides is 2. The minimum Gasteiger partial charge on any atom is -0.407 e. The molecule has 1 aromatic carbocycles. The molecule has 0 atom stereocenters. The second kappa shape index (κ2) is 9.87. The van der Waals surface area contributed by atoms with E-state index in [2.05, 4.69) is 30.9 Å². The van der Waals surface area contributed by atoms with E-state index < -0.39 is 29.3 Å². The fourth-order valence-electron chi connectivity index (χ4n) is 3.26. The van der Waals surface area contributed by atoms with Crippen LogP contribution in [0.1, 0.15) is 29.7 Å². The molecule has 0 unspecified atom stereocenters. The Labute approximate surface area is 202 Å². The van der Waals surface area contributed by atoms with Gasteiger partial charge in [0.05, 0.1) is 59.4 Å². The summed E-state index contributed by atoms with van der Waals surface area (Å²) in [4.78, 5) is 36.3. The topological polar surface area (TPSA) is 142 Å². The van der Waals surface area contributed by atoms with Crippen molar-refractivity contribution in [3.63, 3.8) is 0 Å². The number of pyridine rings is 1. The third-order valence-electron chi connectivity index (χ3n) is 5.26. The van der Waals surface area contributed by atoms with Crippen LogP contribution in [0, 0.1) is 11.3 Å². The van der Waals surface area contributed by atoms with Gasteiger partial charge in [0.15, 0.2) is 5.75 Å². The first kappa shape index (κ1) is 24.4. The Morgan fingerprint density at radius 3 is 2.47 bits per heavy atom. The summed E-state index contributed by atoms with van der Waals surface area (Å²) in [5, 5.41) is 16.8. The summed E-state index contributed by atoms with van der Waals surface area (Å²) in [6.07, 6.45) is 0.620. The van der Waals surface area contributed by atoms with Crippen molar-refractivity contribution in [2.75, 3.05) is 5.32 Å². The van der Waals surface area contributed by atoms with E-state index in [4.69, 9.17) is 10.00 Å². The Morgan fingerprint density at radius 1 is 1.11 bits per heavy atom. The number of carbonyl (C=O) groups excluding carboxylic acids is 2. The molecule has 2 amide bonds. The molecule has 0 radical (unpaired) electrons. The molecule has 184 valence electrons. The number of nitrogens with zero attached hydrogens (tertiary/aromatic N) is 4. The average Bonchev–Trinajstić information content (AvgIpc) is 3.64. The number of nitriles is 1. The Morgan fingerprint density at radius 2 is 1.86 bits per heavy atom.